The Kier molecular flexibility index (Phi) is 3.07. The first-order chi connectivity index (χ1) is 5.72. The molecule has 1 aromatic rings. The Bertz CT molecular complexity index is 227. The van der Waals surface area contributed by atoms with Crippen LogP contribution >= 0.6 is 0 Å². The van der Waals surface area contributed by atoms with Crippen LogP contribution in [0.4, 0.5) is 13.4 Å². The predicted molar refractivity (Wildman–Crippen MR) is 37.5 cm³/mol. The average molecular weight is 176 g/mol. The van der Waals surface area contributed by atoms with Crippen molar-refractivity contribution in [1.82, 2.24) is 11.1 Å². The summed E-state index contributed by atoms with van der Waals surface area (Å²) in [5.41, 5.74) is 1.20. The van der Waals surface area contributed by atoms with E-state index < -0.39 is 5.45 Å². The van der Waals surface area contributed by atoms with Crippen molar-refractivity contribution >= 4 is 0 Å². The first-order valence-electron chi connectivity index (χ1n) is 3.28. The molecule has 0 aliphatic heterocycles. The normalized spacial score (nSPS) is 11.7. The molecule has 66 valence electrons. The van der Waals surface area contributed by atoms with Crippen LogP contribution in [0.5, 0.6) is 0 Å². The number of hydrogen-bond acceptors (Lipinski definition) is 2. The second kappa shape index (κ2) is 4.08. The fraction of sp³-hybridized carbons (Fsp3) is 0.143. The Morgan fingerprint density at radius 3 is 1.75 bits per heavy atom. The monoisotopic (exact) mass is 176 g/mol. The van der Waals surface area contributed by atoms with Crippen molar-refractivity contribution in [2.24, 2.45) is 0 Å². The zero-order chi connectivity index (χ0) is 8.97. The highest BCUT2D eigenvalue weighted by Crippen LogP contribution is 2.18. The number of rotatable bonds is 1. The molecule has 1 aromatic carbocycles. The second-order valence-electron chi connectivity index (χ2n) is 2.31. The summed E-state index contributed by atoms with van der Waals surface area (Å²) in [6, 6.07) is 8.65. The Morgan fingerprint density at radius 2 is 1.67 bits per heavy atom. The van der Waals surface area contributed by atoms with Gasteiger partial charge in [0.2, 0.25) is 0 Å². The molecule has 0 atom stereocenters. The zero-order valence-corrected chi connectivity index (χ0v) is 6.10. The molecule has 0 saturated heterocycles. The Morgan fingerprint density at radius 1 is 1.25 bits per heavy atom. The molecule has 5 heteroatoms. The van der Waals surface area contributed by atoms with E-state index in [-0.39, 0.29) is 5.65 Å². The highest BCUT2D eigenvalue weighted by molar-refractivity contribution is 5.37. The molecule has 0 fully saturated rings. The maximum Gasteiger partial charge on any atom is 0.124 e. The molecule has 2 nitrogen and oxygen atoms in total. The van der Waals surface area contributed by atoms with Gasteiger partial charge in [0.1, 0.15) is 5.45 Å². The van der Waals surface area contributed by atoms with Crippen LogP contribution in [0.3, 0.4) is 0 Å². The van der Waals surface area contributed by atoms with Gasteiger partial charge >= 0.3 is 0 Å². The summed E-state index contributed by atoms with van der Waals surface area (Å²) >= 11 is 0. The van der Waals surface area contributed by atoms with Crippen molar-refractivity contribution in [3.8, 4) is 0 Å². The molecule has 12 heavy (non-hydrogen) atoms. The Labute approximate surface area is 67.4 Å². The smallest absolute Gasteiger partial charge is 0.116 e. The van der Waals surface area contributed by atoms with Crippen molar-refractivity contribution in [2.45, 2.75) is 6.42 Å². The number of fused-ring (bicyclic) bond motifs is 2. The van der Waals surface area contributed by atoms with Gasteiger partial charge in [-0.15, -0.1) is 4.48 Å². The van der Waals surface area contributed by atoms with E-state index in [1.54, 1.807) is 0 Å². The van der Waals surface area contributed by atoms with Crippen LogP contribution in [0.2, 0.25) is 0 Å². The van der Waals surface area contributed by atoms with E-state index in [9.17, 15) is 13.4 Å². The van der Waals surface area contributed by atoms with Gasteiger partial charge in [0, 0.05) is 0 Å². The van der Waals surface area contributed by atoms with Crippen LogP contribution in [0, 0.1) is 0 Å². The molecule has 0 saturated carbocycles. The summed E-state index contributed by atoms with van der Waals surface area (Å²) in [6.07, 6.45) is 1.22. The van der Waals surface area contributed by atoms with E-state index in [0.29, 0.717) is 0 Å². The summed E-state index contributed by atoms with van der Waals surface area (Å²) in [5.74, 6) is 0. The summed E-state index contributed by atoms with van der Waals surface area (Å²) in [7, 11) is 0. The molecule has 2 aliphatic carbocycles. The topological polar surface area (TPSA) is 15.3 Å². The third-order valence-corrected chi connectivity index (χ3v) is 1.46. The lowest BCUT2D eigenvalue weighted by Crippen LogP contribution is -2.11. The van der Waals surface area contributed by atoms with E-state index in [0.717, 1.165) is 0 Å². The molecule has 0 heterocycles. The van der Waals surface area contributed by atoms with Gasteiger partial charge < -0.3 is 0 Å². The molecule has 1 N–H and O–H groups in total. The van der Waals surface area contributed by atoms with E-state index in [2.05, 4.69) is 24.3 Å². The second-order valence-corrected chi connectivity index (χ2v) is 2.31. The Balaban J connectivity index is 0.000000130. The third-order valence-electron chi connectivity index (χ3n) is 1.46. The summed E-state index contributed by atoms with van der Waals surface area (Å²) < 4.78 is 30.3. The van der Waals surface area contributed by atoms with Crippen molar-refractivity contribution < 1.29 is 13.4 Å². The minimum absolute atomic E-state index is 0.0278. The number of hydrazine groups is 1. The largest absolute Gasteiger partial charge is 0.124 e. The molecule has 2 aliphatic rings. The lowest BCUT2D eigenvalue weighted by molar-refractivity contribution is -0.240. The van der Waals surface area contributed by atoms with Crippen LogP contribution in [-0.4, -0.2) is 5.45 Å². The number of hydrogen-bond donors (Lipinski definition) is 1. The predicted octanol–water partition coefficient (Wildman–Crippen LogP) is 2.04. The SMILES string of the molecule is FNN(F)F.c1cc2cc(c1)C2. The minimum atomic E-state index is -1.79. The summed E-state index contributed by atoms with van der Waals surface area (Å²) in [5, 5.41) is 0. The molecule has 0 unspecified atom stereocenters. The van der Waals surface area contributed by atoms with Gasteiger partial charge in [-0.25, -0.2) is 0 Å². The quantitative estimate of drug-likeness (QED) is 0.528. The first kappa shape index (κ1) is 9.02. The summed E-state index contributed by atoms with van der Waals surface area (Å²) in [4.78, 5) is 0. The molecule has 0 spiro atoms. The highest BCUT2D eigenvalue weighted by Gasteiger charge is 2.04. The van der Waals surface area contributed by atoms with Crippen LogP contribution in [-0.2, 0) is 6.42 Å². The lowest BCUT2D eigenvalue weighted by atomic mass is 9.94. The standard InChI is InChI=1S/C7H6.F3HN2/c1-2-6-4-7(3-1)5-6;1-4-5(2)3/h1-4H,5H2;4H. The van der Waals surface area contributed by atoms with Crippen molar-refractivity contribution in [3.63, 3.8) is 0 Å². The van der Waals surface area contributed by atoms with E-state index in [4.69, 9.17) is 0 Å². The van der Waals surface area contributed by atoms with E-state index in [1.165, 1.54) is 17.5 Å². The fourth-order valence-electron chi connectivity index (χ4n) is 0.954. The van der Waals surface area contributed by atoms with Crippen molar-refractivity contribution in [3.05, 3.63) is 35.4 Å². The van der Waals surface area contributed by atoms with Crippen LogP contribution in [0.1, 0.15) is 11.1 Å². The number of nitrogens with zero attached hydrogens (tertiary/aromatic N) is 1. The van der Waals surface area contributed by atoms with Gasteiger partial charge in [0.05, 0.1) is 0 Å². The molecule has 3 rings (SSSR count). The van der Waals surface area contributed by atoms with Gasteiger partial charge in [-0.1, -0.05) is 33.2 Å². The molecule has 0 amide bonds. The number of benzene rings is 1. The van der Waals surface area contributed by atoms with Gasteiger partial charge in [0.25, 0.3) is 0 Å². The van der Waals surface area contributed by atoms with Crippen molar-refractivity contribution in [2.75, 3.05) is 0 Å². The molecular weight excluding hydrogens is 169 g/mol. The Hall–Kier alpha value is -1.07. The number of nitrogens with one attached hydrogen (secondary N) is 1. The van der Waals surface area contributed by atoms with Gasteiger partial charge in [-0.2, -0.15) is 0 Å². The van der Waals surface area contributed by atoms with Gasteiger partial charge in [-0.3, -0.25) is 0 Å². The fourth-order valence-corrected chi connectivity index (χ4v) is 0.954. The third kappa shape index (κ3) is 2.52. The summed E-state index contributed by atoms with van der Waals surface area (Å²) in [6.45, 7) is 0. The molecule has 0 radical (unpaired) electrons. The minimum Gasteiger partial charge on any atom is -0.116 e. The number of halogens is 3. The van der Waals surface area contributed by atoms with E-state index in [1.807, 2.05) is 0 Å². The zero-order valence-electron chi connectivity index (χ0n) is 6.10. The maximum absolute atomic E-state index is 10.1. The molecule has 0 aromatic heterocycles. The first-order valence-corrected chi connectivity index (χ1v) is 3.28. The van der Waals surface area contributed by atoms with E-state index >= 15 is 0 Å². The van der Waals surface area contributed by atoms with Crippen LogP contribution in [0.15, 0.2) is 24.3 Å². The average Bonchev–Trinajstić information content (AvgIpc) is 2.06. The van der Waals surface area contributed by atoms with Crippen LogP contribution in [0.25, 0.3) is 0 Å². The molecular formula is C7H7F3N2. The highest BCUT2D eigenvalue weighted by atomic mass is 19.4. The maximum atomic E-state index is 10.1. The lowest BCUT2D eigenvalue weighted by Gasteiger charge is -2.11. The van der Waals surface area contributed by atoms with Gasteiger partial charge in [0.15, 0.2) is 0 Å². The van der Waals surface area contributed by atoms with Crippen molar-refractivity contribution in [1.29, 1.82) is 0 Å². The van der Waals surface area contributed by atoms with Gasteiger partial charge in [-0.05, 0) is 23.2 Å². The van der Waals surface area contributed by atoms with Crippen LogP contribution < -0.4 is 5.65 Å². The molecule has 2 bridgehead atoms.